The molecule has 0 bridgehead atoms. The lowest BCUT2D eigenvalue weighted by atomic mass is 10.0. The van der Waals surface area contributed by atoms with E-state index in [0.29, 0.717) is 0 Å². The van der Waals surface area contributed by atoms with E-state index in [9.17, 15) is 14.4 Å². The Morgan fingerprint density at radius 1 is 0.838 bits per heavy atom. The number of rotatable bonds is 5. The number of nitrogens with one attached hydrogen (secondary N) is 1. The van der Waals surface area contributed by atoms with Crippen LogP contribution in [-0.2, 0) is 44.7 Å². The molecule has 0 aromatic heterocycles. The van der Waals surface area contributed by atoms with E-state index in [-0.39, 0.29) is 44.0 Å². The maximum absolute atomic E-state index is 13.0. The smallest absolute Gasteiger partial charge is 0.339 e. The molecule has 37 heavy (non-hydrogen) atoms. The molecule has 1 aromatic carbocycles. The summed E-state index contributed by atoms with van der Waals surface area (Å²) in [6, 6.07) is 8.71. The second kappa shape index (κ2) is 16.0. The van der Waals surface area contributed by atoms with Crippen LogP contribution in [0.4, 0.5) is 0 Å². The molecule has 1 N–H and O–H groups in total. The zero-order chi connectivity index (χ0) is 27.2. The number of cyclic esters (lactones) is 2. The summed E-state index contributed by atoms with van der Waals surface area (Å²) in [5.74, 6) is -1.80. The minimum absolute atomic E-state index is 0.0156. The standard InChI is InChI=1S/C28H39NO8/c1-19-10-9-13-26(30)29-21(3)27(31)36-17-25(34-5)20(2)14-15-23(28(32)37-18-24(19)33-4)35-16-22-11-7-6-8-12-22/h6-12,14-15,19-21,23-25H,13,16-18H2,1-5H3,(H,29,30)/b10-9+,15-14+/t19-,20+,21+,23+,24-,25+/m1/s1. The average Bonchev–Trinajstić information content (AvgIpc) is 2.89. The van der Waals surface area contributed by atoms with Crippen molar-refractivity contribution < 1.29 is 38.1 Å². The molecule has 0 unspecified atom stereocenters. The van der Waals surface area contributed by atoms with Gasteiger partial charge in [0, 0.05) is 32.5 Å². The maximum atomic E-state index is 13.0. The van der Waals surface area contributed by atoms with Gasteiger partial charge in [-0.25, -0.2) is 9.59 Å². The molecule has 0 fully saturated rings. The molecule has 1 amide bonds. The topological polar surface area (TPSA) is 109 Å². The number of carbonyl (C=O) groups excluding carboxylic acids is 3. The Balaban J connectivity index is 2.24. The highest BCUT2D eigenvalue weighted by molar-refractivity contribution is 5.84. The van der Waals surface area contributed by atoms with Crippen LogP contribution in [0, 0.1) is 11.8 Å². The molecule has 0 aliphatic carbocycles. The van der Waals surface area contributed by atoms with E-state index in [4.69, 9.17) is 23.7 Å². The summed E-state index contributed by atoms with van der Waals surface area (Å²) in [6.07, 6.45) is 5.13. The zero-order valence-corrected chi connectivity index (χ0v) is 22.3. The first-order valence-corrected chi connectivity index (χ1v) is 12.4. The molecule has 0 radical (unpaired) electrons. The summed E-state index contributed by atoms with van der Waals surface area (Å²) >= 11 is 0. The van der Waals surface area contributed by atoms with Crippen molar-refractivity contribution in [2.24, 2.45) is 11.8 Å². The number of esters is 2. The Bertz CT molecular complexity index is 916. The molecule has 0 saturated carbocycles. The van der Waals surface area contributed by atoms with Crippen molar-refractivity contribution in [2.75, 3.05) is 27.4 Å². The Kier molecular flexibility index (Phi) is 13.0. The molecule has 2 rings (SSSR count). The number of hydrogen-bond acceptors (Lipinski definition) is 8. The van der Waals surface area contributed by atoms with Gasteiger partial charge in [0.25, 0.3) is 0 Å². The van der Waals surface area contributed by atoms with Gasteiger partial charge in [0.15, 0.2) is 6.10 Å². The highest BCUT2D eigenvalue weighted by Crippen LogP contribution is 2.15. The zero-order valence-electron chi connectivity index (χ0n) is 22.3. The number of hydrogen-bond donors (Lipinski definition) is 1. The molecule has 1 aliphatic rings. The summed E-state index contributed by atoms with van der Waals surface area (Å²) < 4.78 is 27.9. The fourth-order valence-corrected chi connectivity index (χ4v) is 3.64. The van der Waals surface area contributed by atoms with E-state index in [2.05, 4.69) is 5.32 Å². The van der Waals surface area contributed by atoms with E-state index in [0.717, 1.165) is 5.56 Å². The highest BCUT2D eigenvalue weighted by atomic mass is 16.6. The first-order chi connectivity index (χ1) is 17.7. The van der Waals surface area contributed by atoms with Crippen LogP contribution in [-0.4, -0.2) is 69.6 Å². The molecule has 9 heteroatoms. The summed E-state index contributed by atoms with van der Waals surface area (Å²) in [5, 5.41) is 2.63. The van der Waals surface area contributed by atoms with E-state index < -0.39 is 36.3 Å². The second-order valence-corrected chi connectivity index (χ2v) is 9.05. The van der Waals surface area contributed by atoms with Gasteiger partial charge in [0.05, 0.1) is 18.8 Å². The van der Waals surface area contributed by atoms with Crippen molar-refractivity contribution in [1.29, 1.82) is 0 Å². The predicted molar refractivity (Wildman–Crippen MR) is 137 cm³/mol. The van der Waals surface area contributed by atoms with Gasteiger partial charge in [-0.05, 0) is 18.6 Å². The van der Waals surface area contributed by atoms with Crippen LogP contribution in [0.15, 0.2) is 54.6 Å². The van der Waals surface area contributed by atoms with E-state index in [1.807, 2.05) is 50.3 Å². The van der Waals surface area contributed by atoms with Crippen LogP contribution in [0.1, 0.15) is 32.8 Å². The average molecular weight is 518 g/mol. The summed E-state index contributed by atoms with van der Waals surface area (Å²) in [6.45, 7) is 5.56. The summed E-state index contributed by atoms with van der Waals surface area (Å²) in [7, 11) is 3.05. The van der Waals surface area contributed by atoms with E-state index in [1.165, 1.54) is 14.2 Å². The van der Waals surface area contributed by atoms with Gasteiger partial charge < -0.3 is 29.0 Å². The SMILES string of the molecule is CO[C@H]1COC(=O)[C@H](C)NC(=O)C/C=C/[C@@H](C)[C@H](OC)COC(=O)[C@@H](OCc2ccccc2)/C=C/[C@@H]1C. The van der Waals surface area contributed by atoms with Gasteiger partial charge in [-0.15, -0.1) is 0 Å². The third-order valence-electron chi connectivity index (χ3n) is 6.13. The van der Waals surface area contributed by atoms with Crippen molar-refractivity contribution in [2.45, 2.75) is 58.2 Å². The number of amides is 1. The Hall–Kier alpha value is -3.01. The molecule has 1 aliphatic heterocycles. The Labute approximate surface area is 219 Å². The van der Waals surface area contributed by atoms with Gasteiger partial charge in [0.1, 0.15) is 19.3 Å². The van der Waals surface area contributed by atoms with Crippen molar-refractivity contribution in [3.63, 3.8) is 0 Å². The minimum atomic E-state index is -0.963. The first-order valence-electron chi connectivity index (χ1n) is 12.4. The Morgan fingerprint density at radius 2 is 1.43 bits per heavy atom. The van der Waals surface area contributed by atoms with Crippen LogP contribution in [0.3, 0.4) is 0 Å². The van der Waals surface area contributed by atoms with Gasteiger partial charge in [-0.2, -0.15) is 0 Å². The molecule has 204 valence electrons. The van der Waals surface area contributed by atoms with Gasteiger partial charge in [0.2, 0.25) is 5.91 Å². The molecule has 9 nitrogen and oxygen atoms in total. The second-order valence-electron chi connectivity index (χ2n) is 9.05. The molecule has 6 atom stereocenters. The molecule has 0 saturated heterocycles. The largest absolute Gasteiger partial charge is 0.461 e. The quantitative estimate of drug-likeness (QED) is 0.469. The van der Waals surface area contributed by atoms with Crippen molar-refractivity contribution in [3.05, 3.63) is 60.2 Å². The first kappa shape index (κ1) is 30.2. The fraction of sp³-hybridized carbons (Fsp3) is 0.536. The van der Waals surface area contributed by atoms with Crippen LogP contribution < -0.4 is 5.32 Å². The molecular weight excluding hydrogens is 478 g/mol. The molecule has 1 heterocycles. The third kappa shape index (κ3) is 10.5. The van der Waals surface area contributed by atoms with Gasteiger partial charge >= 0.3 is 11.9 Å². The fourth-order valence-electron chi connectivity index (χ4n) is 3.64. The lowest BCUT2D eigenvalue weighted by Gasteiger charge is -2.22. The van der Waals surface area contributed by atoms with Crippen LogP contribution >= 0.6 is 0 Å². The van der Waals surface area contributed by atoms with Crippen molar-refractivity contribution in [1.82, 2.24) is 5.32 Å². The van der Waals surface area contributed by atoms with Crippen LogP contribution in [0.5, 0.6) is 0 Å². The predicted octanol–water partition coefficient (Wildman–Crippen LogP) is 2.98. The summed E-state index contributed by atoms with van der Waals surface area (Å²) in [5.41, 5.74) is 0.916. The Morgan fingerprint density at radius 3 is 2.05 bits per heavy atom. The van der Waals surface area contributed by atoms with E-state index >= 15 is 0 Å². The lowest BCUT2D eigenvalue weighted by Crippen LogP contribution is -2.40. The van der Waals surface area contributed by atoms with Gasteiger partial charge in [-0.3, -0.25) is 4.79 Å². The van der Waals surface area contributed by atoms with Gasteiger partial charge in [-0.1, -0.05) is 62.4 Å². The molecule has 0 spiro atoms. The number of ether oxygens (including phenoxy) is 5. The molecule has 1 aromatic rings. The number of carbonyl (C=O) groups is 3. The van der Waals surface area contributed by atoms with E-state index in [1.54, 1.807) is 25.2 Å². The monoisotopic (exact) mass is 517 g/mol. The number of benzene rings is 1. The third-order valence-corrected chi connectivity index (χ3v) is 6.13. The minimum Gasteiger partial charge on any atom is -0.461 e. The maximum Gasteiger partial charge on any atom is 0.339 e. The highest BCUT2D eigenvalue weighted by Gasteiger charge is 2.25. The van der Waals surface area contributed by atoms with Crippen molar-refractivity contribution >= 4 is 17.8 Å². The van der Waals surface area contributed by atoms with Crippen LogP contribution in [0.25, 0.3) is 0 Å². The lowest BCUT2D eigenvalue weighted by molar-refractivity contribution is -0.159. The summed E-state index contributed by atoms with van der Waals surface area (Å²) in [4.78, 5) is 37.6. The normalized spacial score (nSPS) is 30.6. The number of methoxy groups -OCH3 is 2. The van der Waals surface area contributed by atoms with Crippen LogP contribution in [0.2, 0.25) is 0 Å². The van der Waals surface area contributed by atoms with Crippen molar-refractivity contribution in [3.8, 4) is 0 Å². The molecular formula is C28H39NO8.